The number of aromatic amines is 1. The summed E-state index contributed by atoms with van der Waals surface area (Å²) in [6.07, 6.45) is 0.447. The summed E-state index contributed by atoms with van der Waals surface area (Å²) in [5.74, 6) is -0.953. The minimum Gasteiger partial charge on any atom is -0.321 e. The summed E-state index contributed by atoms with van der Waals surface area (Å²) >= 11 is 0. The van der Waals surface area contributed by atoms with Gasteiger partial charge in [0.25, 0.3) is 5.91 Å². The van der Waals surface area contributed by atoms with Gasteiger partial charge in [-0.3, -0.25) is 19.1 Å². The highest BCUT2D eigenvalue weighted by atomic mass is 16.5. The number of nitrogens with one attached hydrogen (secondary N) is 2. The molecule has 1 aliphatic heterocycles. The molecule has 0 fully saturated rings. The largest absolute Gasteiger partial charge is 0.439 e. The second-order valence-corrected chi connectivity index (χ2v) is 7.02. The Balaban J connectivity index is 1.58. The Bertz CT molecular complexity index is 1220. The van der Waals surface area contributed by atoms with Gasteiger partial charge in [-0.05, 0) is 43.2 Å². The lowest BCUT2D eigenvalue weighted by Crippen LogP contribution is -2.36. The Hall–Kier alpha value is -4.01. The Kier molecular flexibility index (Phi) is 5.01. The van der Waals surface area contributed by atoms with Crippen LogP contribution in [-0.2, 0) is 9.59 Å². The SMILES string of the molecule is Cc1ccc(C)c(N2N=C(C(=O)Nc3cccc(-c4noc(=O)[nH]4)c3)CCC2=O)c1. The molecule has 2 amide bonds. The average Bonchev–Trinajstić information content (AvgIpc) is 3.17. The van der Waals surface area contributed by atoms with E-state index in [2.05, 4.69) is 25.1 Å². The highest BCUT2D eigenvalue weighted by molar-refractivity contribution is 6.44. The third-order valence-corrected chi connectivity index (χ3v) is 4.72. The summed E-state index contributed by atoms with van der Waals surface area (Å²) < 4.78 is 4.51. The molecule has 2 heterocycles. The first-order valence-electron chi connectivity index (χ1n) is 9.36. The molecule has 9 heteroatoms. The van der Waals surface area contributed by atoms with Crippen molar-refractivity contribution in [2.24, 2.45) is 5.10 Å². The lowest BCUT2D eigenvalue weighted by Gasteiger charge is -2.24. The van der Waals surface area contributed by atoms with Crippen molar-refractivity contribution < 1.29 is 14.1 Å². The van der Waals surface area contributed by atoms with Crippen LogP contribution < -0.4 is 16.1 Å². The molecule has 0 radical (unpaired) electrons. The van der Waals surface area contributed by atoms with E-state index in [0.29, 0.717) is 16.9 Å². The molecule has 0 saturated heterocycles. The van der Waals surface area contributed by atoms with Gasteiger partial charge < -0.3 is 5.32 Å². The summed E-state index contributed by atoms with van der Waals surface area (Å²) in [5, 5.41) is 12.1. The minimum atomic E-state index is -0.660. The van der Waals surface area contributed by atoms with Gasteiger partial charge in [-0.1, -0.05) is 29.4 Å². The molecule has 152 valence electrons. The molecule has 2 aromatic carbocycles. The Morgan fingerprint density at radius 1 is 1.13 bits per heavy atom. The molecule has 30 heavy (non-hydrogen) atoms. The Morgan fingerprint density at radius 3 is 2.73 bits per heavy atom. The fourth-order valence-electron chi connectivity index (χ4n) is 3.15. The number of H-pyrrole nitrogens is 1. The van der Waals surface area contributed by atoms with E-state index in [1.807, 2.05) is 32.0 Å². The van der Waals surface area contributed by atoms with Crippen LogP contribution in [0.1, 0.15) is 24.0 Å². The van der Waals surface area contributed by atoms with E-state index in [4.69, 9.17) is 0 Å². The molecular formula is C21H19N5O4. The van der Waals surface area contributed by atoms with Gasteiger partial charge in [-0.25, -0.2) is 9.80 Å². The maximum atomic E-state index is 12.8. The summed E-state index contributed by atoms with van der Waals surface area (Å²) in [5.41, 5.74) is 3.90. The van der Waals surface area contributed by atoms with Crippen molar-refractivity contribution in [2.75, 3.05) is 10.3 Å². The summed E-state index contributed by atoms with van der Waals surface area (Å²) in [4.78, 5) is 38.8. The van der Waals surface area contributed by atoms with Gasteiger partial charge in [-0.2, -0.15) is 5.10 Å². The standard InChI is InChI=1S/C21H19N5O4/c1-12-6-7-13(2)17(10-12)26-18(27)9-8-16(24-26)20(28)22-15-5-3-4-14(11-15)19-23-21(29)30-25-19/h3-7,10-11H,8-9H2,1-2H3,(H,22,28)(H,23,25,29). The molecular weight excluding hydrogens is 386 g/mol. The highest BCUT2D eigenvalue weighted by Crippen LogP contribution is 2.26. The van der Waals surface area contributed by atoms with Crippen LogP contribution >= 0.6 is 0 Å². The Labute approximate surface area is 171 Å². The number of amides is 2. The minimum absolute atomic E-state index is 0.155. The number of anilines is 2. The lowest BCUT2D eigenvalue weighted by atomic mass is 10.1. The van der Waals surface area contributed by atoms with E-state index in [0.717, 1.165) is 11.1 Å². The zero-order chi connectivity index (χ0) is 21.3. The van der Waals surface area contributed by atoms with Crippen molar-refractivity contribution >= 4 is 28.9 Å². The number of carbonyl (C=O) groups excluding carboxylic acids is 2. The number of rotatable bonds is 4. The van der Waals surface area contributed by atoms with Gasteiger partial charge in [0.15, 0.2) is 5.82 Å². The topological polar surface area (TPSA) is 121 Å². The zero-order valence-corrected chi connectivity index (χ0v) is 16.4. The summed E-state index contributed by atoms with van der Waals surface area (Å²) in [6.45, 7) is 3.83. The first-order valence-corrected chi connectivity index (χ1v) is 9.36. The summed E-state index contributed by atoms with van der Waals surface area (Å²) in [7, 11) is 0. The first kappa shape index (κ1) is 19.3. The zero-order valence-electron chi connectivity index (χ0n) is 16.4. The summed E-state index contributed by atoms with van der Waals surface area (Å²) in [6, 6.07) is 12.6. The van der Waals surface area contributed by atoms with E-state index < -0.39 is 11.7 Å². The normalized spacial score (nSPS) is 13.9. The third kappa shape index (κ3) is 3.90. The van der Waals surface area contributed by atoms with Crippen LogP contribution in [-0.4, -0.2) is 27.7 Å². The van der Waals surface area contributed by atoms with Crippen LogP contribution in [0, 0.1) is 13.8 Å². The number of aryl methyl sites for hydroxylation is 2. The number of aromatic nitrogens is 2. The Morgan fingerprint density at radius 2 is 1.97 bits per heavy atom. The van der Waals surface area contributed by atoms with Crippen molar-refractivity contribution in [2.45, 2.75) is 26.7 Å². The fourth-order valence-corrected chi connectivity index (χ4v) is 3.15. The molecule has 0 aliphatic carbocycles. The molecule has 2 N–H and O–H groups in total. The van der Waals surface area contributed by atoms with Gasteiger partial charge in [-0.15, -0.1) is 0 Å². The average molecular weight is 405 g/mol. The van der Waals surface area contributed by atoms with E-state index in [9.17, 15) is 14.4 Å². The van der Waals surface area contributed by atoms with E-state index in [1.54, 1.807) is 24.3 Å². The van der Waals surface area contributed by atoms with Crippen LogP contribution in [0.3, 0.4) is 0 Å². The number of hydrogen-bond acceptors (Lipinski definition) is 6. The van der Waals surface area contributed by atoms with Crippen LogP contribution in [0.15, 0.2) is 56.9 Å². The second-order valence-electron chi connectivity index (χ2n) is 7.02. The monoisotopic (exact) mass is 405 g/mol. The maximum Gasteiger partial charge on any atom is 0.439 e. The molecule has 9 nitrogen and oxygen atoms in total. The van der Waals surface area contributed by atoms with E-state index in [1.165, 1.54) is 5.01 Å². The number of nitrogens with zero attached hydrogens (tertiary/aromatic N) is 3. The second kappa shape index (κ2) is 7.78. The van der Waals surface area contributed by atoms with E-state index >= 15 is 0 Å². The number of carbonyl (C=O) groups is 2. The first-order chi connectivity index (χ1) is 14.4. The van der Waals surface area contributed by atoms with Crippen LogP contribution in [0.5, 0.6) is 0 Å². The highest BCUT2D eigenvalue weighted by Gasteiger charge is 2.26. The molecule has 4 rings (SSSR count). The lowest BCUT2D eigenvalue weighted by molar-refractivity contribution is -0.118. The van der Waals surface area contributed by atoms with Crippen molar-refractivity contribution in [1.82, 2.24) is 10.1 Å². The quantitative estimate of drug-likeness (QED) is 0.691. The third-order valence-electron chi connectivity index (χ3n) is 4.72. The number of hydrogen-bond donors (Lipinski definition) is 2. The van der Waals surface area contributed by atoms with Crippen molar-refractivity contribution in [3.05, 3.63) is 64.1 Å². The molecule has 0 unspecified atom stereocenters. The molecule has 1 aromatic heterocycles. The molecule has 3 aromatic rings. The van der Waals surface area contributed by atoms with Gasteiger partial charge in [0.1, 0.15) is 5.71 Å². The van der Waals surface area contributed by atoms with Crippen molar-refractivity contribution in [3.63, 3.8) is 0 Å². The van der Waals surface area contributed by atoms with Gasteiger partial charge in [0.05, 0.1) is 5.69 Å². The van der Waals surface area contributed by atoms with Crippen molar-refractivity contribution in [1.29, 1.82) is 0 Å². The van der Waals surface area contributed by atoms with Gasteiger partial charge >= 0.3 is 5.76 Å². The van der Waals surface area contributed by atoms with Crippen LogP contribution in [0.4, 0.5) is 11.4 Å². The molecule has 1 aliphatic rings. The molecule has 0 saturated carbocycles. The van der Waals surface area contributed by atoms with Gasteiger partial charge in [0.2, 0.25) is 5.91 Å². The number of benzene rings is 2. The predicted molar refractivity (Wildman–Crippen MR) is 111 cm³/mol. The molecule has 0 atom stereocenters. The maximum absolute atomic E-state index is 12.8. The van der Waals surface area contributed by atoms with Crippen LogP contribution in [0.2, 0.25) is 0 Å². The van der Waals surface area contributed by atoms with E-state index in [-0.39, 0.29) is 30.3 Å². The fraction of sp³-hybridized carbons (Fsp3) is 0.190. The van der Waals surface area contributed by atoms with Crippen molar-refractivity contribution in [3.8, 4) is 11.4 Å². The molecule has 0 spiro atoms. The predicted octanol–water partition coefficient (Wildman–Crippen LogP) is 2.77. The van der Waals surface area contributed by atoms with Crippen LogP contribution in [0.25, 0.3) is 11.4 Å². The van der Waals surface area contributed by atoms with Gasteiger partial charge in [0, 0.05) is 24.1 Å². The molecule has 0 bridgehead atoms. The number of hydrazone groups is 1. The smallest absolute Gasteiger partial charge is 0.321 e.